The van der Waals surface area contributed by atoms with Gasteiger partial charge < -0.3 is 9.64 Å². The van der Waals surface area contributed by atoms with E-state index in [-0.39, 0.29) is 0 Å². The number of hydrogen-bond acceptors (Lipinski definition) is 5. The minimum atomic E-state index is 0.574. The van der Waals surface area contributed by atoms with Crippen LogP contribution in [0.4, 0.5) is 5.69 Å². The Labute approximate surface area is 249 Å². The molecule has 1 fully saturated rings. The van der Waals surface area contributed by atoms with Gasteiger partial charge in [-0.05, 0) is 60.7 Å². The molecule has 1 atom stereocenters. The van der Waals surface area contributed by atoms with Crippen LogP contribution in [0, 0.1) is 5.92 Å². The molecule has 0 amide bonds. The summed E-state index contributed by atoms with van der Waals surface area (Å²) in [6.45, 7) is 15.7. The number of benzene rings is 2. The second-order valence-electron chi connectivity index (χ2n) is 10.1. The smallest absolute Gasteiger partial charge is 0.152 e. The van der Waals surface area contributed by atoms with Gasteiger partial charge in [0.2, 0.25) is 0 Å². The van der Waals surface area contributed by atoms with Crippen LogP contribution in [0.15, 0.2) is 77.4 Å². The summed E-state index contributed by atoms with van der Waals surface area (Å²) in [6.07, 6.45) is 13.2. The van der Waals surface area contributed by atoms with Gasteiger partial charge >= 0.3 is 0 Å². The Kier molecular flexibility index (Phi) is 11.6. The van der Waals surface area contributed by atoms with Gasteiger partial charge in [-0.1, -0.05) is 74.0 Å². The van der Waals surface area contributed by atoms with Crippen LogP contribution in [0.5, 0.6) is 5.75 Å². The van der Waals surface area contributed by atoms with Gasteiger partial charge in [0, 0.05) is 73.1 Å². The van der Waals surface area contributed by atoms with E-state index in [1.807, 2.05) is 40.0 Å². The van der Waals surface area contributed by atoms with Crippen LogP contribution in [-0.2, 0) is 13.1 Å². The molecule has 40 heavy (non-hydrogen) atoms. The van der Waals surface area contributed by atoms with Gasteiger partial charge in [-0.15, -0.1) is 0 Å². The fraction of sp³-hybridized carbons (Fsp3) is 0.441. The number of allylic oxidation sites excluding steroid dienone is 3. The fourth-order valence-corrected chi connectivity index (χ4v) is 5.93. The predicted molar refractivity (Wildman–Crippen MR) is 173 cm³/mol. The van der Waals surface area contributed by atoms with Gasteiger partial charge in [-0.2, -0.15) is 0 Å². The predicted octanol–water partition coefficient (Wildman–Crippen LogP) is 8.05. The lowest BCUT2D eigenvalue weighted by Gasteiger charge is -2.36. The minimum Gasteiger partial charge on any atom is -0.475 e. The summed E-state index contributed by atoms with van der Waals surface area (Å²) >= 11 is 3.54. The first kappa shape index (κ1) is 30.3. The maximum atomic E-state index is 6.34. The molecule has 1 saturated heterocycles. The van der Waals surface area contributed by atoms with Crippen LogP contribution in [-0.4, -0.2) is 54.2 Å². The van der Waals surface area contributed by atoms with E-state index in [1.165, 1.54) is 28.6 Å². The number of piperazine rings is 1. The lowest BCUT2D eigenvalue weighted by Crippen LogP contribution is -2.46. The fourth-order valence-electron chi connectivity index (χ4n) is 5.66. The molecule has 0 bridgehead atoms. The van der Waals surface area contributed by atoms with Gasteiger partial charge in [0.1, 0.15) is 12.2 Å². The SMILES string of the molecule is Brc1ccc(N2CCN(Cc3cc4c(c5ncccc35)OCN(CC3C=CC=CCC3)C4)CC2)cc1.CC.CC. The zero-order valence-corrected chi connectivity index (χ0v) is 26.2. The summed E-state index contributed by atoms with van der Waals surface area (Å²) in [6, 6.07) is 15.3. The van der Waals surface area contributed by atoms with Crippen LogP contribution in [0.3, 0.4) is 0 Å². The first-order valence-corrected chi connectivity index (χ1v) is 15.8. The van der Waals surface area contributed by atoms with Crippen molar-refractivity contribution in [2.75, 3.05) is 44.4 Å². The monoisotopic (exact) mass is 604 g/mol. The summed E-state index contributed by atoms with van der Waals surface area (Å²) in [7, 11) is 0. The Morgan fingerprint density at radius 3 is 2.50 bits per heavy atom. The van der Waals surface area contributed by atoms with Crippen molar-refractivity contribution in [3.05, 3.63) is 88.6 Å². The molecule has 6 rings (SSSR count). The Bertz CT molecular complexity index is 1260. The molecular formula is C34H45BrN4O. The first-order valence-electron chi connectivity index (χ1n) is 15.0. The number of rotatable bonds is 5. The minimum absolute atomic E-state index is 0.574. The van der Waals surface area contributed by atoms with E-state index in [0.29, 0.717) is 12.6 Å². The first-order chi connectivity index (χ1) is 19.7. The molecule has 0 N–H and O–H groups in total. The molecule has 2 aliphatic heterocycles. The molecule has 5 nitrogen and oxygen atoms in total. The molecule has 6 heteroatoms. The van der Waals surface area contributed by atoms with Gasteiger partial charge in [0.15, 0.2) is 5.75 Å². The summed E-state index contributed by atoms with van der Waals surface area (Å²) in [5, 5.41) is 1.22. The van der Waals surface area contributed by atoms with E-state index in [9.17, 15) is 0 Å². The highest BCUT2D eigenvalue weighted by molar-refractivity contribution is 9.10. The number of halogens is 1. The standard InChI is InChI=1S/C30H33BrN4O.2C2H6/c31-26-9-11-27(12-10-26)35-16-14-33(15-17-35)20-24-18-25-21-34(19-23-6-3-1-2-4-7-23)22-36-30(25)29-28(24)8-5-13-32-29;2*1-2/h1-3,5-6,8-13,18,23H,4,7,14-17,19-22H2;2*1-2H3. The highest BCUT2D eigenvalue weighted by Gasteiger charge is 2.25. The number of hydrogen-bond donors (Lipinski definition) is 0. The van der Waals surface area contributed by atoms with Crippen molar-refractivity contribution in [2.24, 2.45) is 5.92 Å². The van der Waals surface area contributed by atoms with Crippen molar-refractivity contribution in [1.82, 2.24) is 14.8 Å². The average Bonchev–Trinajstić information content (AvgIpc) is 3.29. The van der Waals surface area contributed by atoms with Crippen LogP contribution in [0.1, 0.15) is 51.7 Å². The highest BCUT2D eigenvalue weighted by atomic mass is 79.9. The number of fused-ring (bicyclic) bond motifs is 3. The summed E-state index contributed by atoms with van der Waals surface area (Å²) in [4.78, 5) is 12.3. The molecule has 3 heterocycles. The molecular weight excluding hydrogens is 560 g/mol. The van der Waals surface area contributed by atoms with E-state index < -0.39 is 0 Å². The molecule has 214 valence electrons. The van der Waals surface area contributed by atoms with E-state index in [0.717, 1.165) is 68.0 Å². The Morgan fingerprint density at radius 1 is 0.950 bits per heavy atom. The van der Waals surface area contributed by atoms with Crippen LogP contribution >= 0.6 is 15.9 Å². The van der Waals surface area contributed by atoms with Gasteiger partial charge in [-0.25, -0.2) is 0 Å². The van der Waals surface area contributed by atoms with Crippen LogP contribution < -0.4 is 9.64 Å². The Morgan fingerprint density at radius 2 is 1.73 bits per heavy atom. The van der Waals surface area contributed by atoms with E-state index in [1.54, 1.807) is 0 Å². The van der Waals surface area contributed by atoms with Gasteiger partial charge in [0.05, 0.1) is 0 Å². The van der Waals surface area contributed by atoms with Crippen molar-refractivity contribution in [3.63, 3.8) is 0 Å². The molecule has 1 aliphatic carbocycles. The van der Waals surface area contributed by atoms with Crippen molar-refractivity contribution >= 4 is 32.5 Å². The van der Waals surface area contributed by atoms with Crippen molar-refractivity contribution in [1.29, 1.82) is 0 Å². The van der Waals surface area contributed by atoms with Crippen molar-refractivity contribution < 1.29 is 4.74 Å². The lowest BCUT2D eigenvalue weighted by atomic mass is 9.99. The molecule has 3 aromatic rings. The van der Waals surface area contributed by atoms with E-state index >= 15 is 0 Å². The third-order valence-corrected chi connectivity index (χ3v) is 8.11. The molecule has 0 radical (unpaired) electrons. The molecule has 0 saturated carbocycles. The summed E-state index contributed by atoms with van der Waals surface area (Å²) in [5.74, 6) is 1.55. The molecule has 0 spiro atoms. The Hall–Kier alpha value is -2.67. The van der Waals surface area contributed by atoms with Crippen LogP contribution in [0.2, 0.25) is 0 Å². The molecule has 2 aromatic carbocycles. The van der Waals surface area contributed by atoms with Crippen molar-refractivity contribution in [2.45, 2.75) is 53.6 Å². The van der Waals surface area contributed by atoms with Crippen LogP contribution in [0.25, 0.3) is 10.9 Å². The maximum absolute atomic E-state index is 6.34. The molecule has 1 aromatic heterocycles. The maximum Gasteiger partial charge on any atom is 0.152 e. The third kappa shape index (κ3) is 7.54. The molecule has 1 unspecified atom stereocenters. The number of nitrogens with zero attached hydrogens (tertiary/aromatic N) is 4. The topological polar surface area (TPSA) is 31.8 Å². The van der Waals surface area contributed by atoms with Crippen molar-refractivity contribution in [3.8, 4) is 5.75 Å². The zero-order valence-electron chi connectivity index (χ0n) is 24.7. The number of pyridine rings is 1. The second kappa shape index (κ2) is 15.4. The largest absolute Gasteiger partial charge is 0.475 e. The molecule has 3 aliphatic rings. The Balaban J connectivity index is 0.000000886. The normalized spacial score (nSPS) is 19.0. The highest BCUT2D eigenvalue weighted by Crippen LogP contribution is 2.36. The summed E-state index contributed by atoms with van der Waals surface area (Å²) < 4.78 is 7.47. The summed E-state index contributed by atoms with van der Waals surface area (Å²) in [5.41, 5.74) is 4.94. The third-order valence-electron chi connectivity index (χ3n) is 7.58. The number of anilines is 1. The van der Waals surface area contributed by atoms with Gasteiger partial charge in [-0.3, -0.25) is 14.8 Å². The number of ether oxygens (including phenoxy) is 1. The number of aromatic nitrogens is 1. The van der Waals surface area contributed by atoms with E-state index in [4.69, 9.17) is 9.72 Å². The quantitative estimate of drug-likeness (QED) is 0.294. The van der Waals surface area contributed by atoms with Gasteiger partial charge in [0.25, 0.3) is 0 Å². The average molecular weight is 606 g/mol. The lowest BCUT2D eigenvalue weighted by molar-refractivity contribution is 0.0861. The second-order valence-corrected chi connectivity index (χ2v) is 11.0. The zero-order chi connectivity index (χ0) is 28.3. The van der Waals surface area contributed by atoms with E-state index in [2.05, 4.69) is 91.3 Å².